The van der Waals surface area contributed by atoms with Gasteiger partial charge in [-0.2, -0.15) is 0 Å². The smallest absolute Gasteiger partial charge is 0.117 e. The largest absolute Gasteiger partial charge is 0.508 e. The van der Waals surface area contributed by atoms with E-state index in [1.165, 1.54) is 23.1 Å². The zero-order valence-corrected chi connectivity index (χ0v) is 11.3. The van der Waals surface area contributed by atoms with E-state index in [1.54, 1.807) is 6.07 Å². The first kappa shape index (κ1) is 11.6. The highest BCUT2D eigenvalue weighted by Gasteiger charge is 2.25. The average Bonchev–Trinajstić information content (AvgIpc) is 2.62. The molecule has 1 N–H and O–H groups in total. The summed E-state index contributed by atoms with van der Waals surface area (Å²) in [6, 6.07) is 6.36. The first-order valence-corrected chi connectivity index (χ1v) is 6.53. The third kappa shape index (κ3) is 1.62. The van der Waals surface area contributed by atoms with Gasteiger partial charge in [0, 0.05) is 30.2 Å². The van der Waals surface area contributed by atoms with Crippen LogP contribution in [0.4, 0.5) is 0 Å². The van der Waals surface area contributed by atoms with Crippen LogP contribution in [-0.2, 0) is 19.9 Å². The highest BCUT2D eigenvalue weighted by molar-refractivity contribution is 5.87. The van der Waals surface area contributed by atoms with E-state index in [4.69, 9.17) is 0 Å². The van der Waals surface area contributed by atoms with Crippen molar-refractivity contribution in [3.63, 3.8) is 0 Å². The van der Waals surface area contributed by atoms with Crippen molar-refractivity contribution in [3.8, 4) is 5.75 Å². The molecular formula is C15H20N2O. The van der Waals surface area contributed by atoms with Crippen molar-refractivity contribution >= 4 is 10.9 Å². The van der Waals surface area contributed by atoms with Gasteiger partial charge in [-0.25, -0.2) is 0 Å². The molecule has 0 radical (unpaired) electrons. The number of aromatic nitrogens is 1. The third-order valence-electron chi connectivity index (χ3n) is 4.31. The van der Waals surface area contributed by atoms with Crippen LogP contribution < -0.4 is 0 Å². The van der Waals surface area contributed by atoms with Crippen molar-refractivity contribution in [2.24, 2.45) is 7.05 Å². The van der Waals surface area contributed by atoms with E-state index in [2.05, 4.69) is 36.7 Å². The zero-order valence-electron chi connectivity index (χ0n) is 11.3. The molecule has 1 aromatic carbocycles. The van der Waals surface area contributed by atoms with Crippen LogP contribution in [0.15, 0.2) is 18.2 Å². The number of aromatic hydroxyl groups is 1. The number of phenols is 1. The van der Waals surface area contributed by atoms with Gasteiger partial charge in [0.25, 0.3) is 0 Å². The Bertz CT molecular complexity index is 598. The molecule has 2 aromatic rings. The summed E-state index contributed by atoms with van der Waals surface area (Å²) < 4.78 is 2.25. The minimum atomic E-state index is 0.351. The lowest BCUT2D eigenvalue weighted by molar-refractivity contribution is 0.267. The van der Waals surface area contributed by atoms with Gasteiger partial charge in [-0.05, 0) is 51.1 Å². The van der Waals surface area contributed by atoms with Gasteiger partial charge >= 0.3 is 0 Å². The molecule has 1 aliphatic rings. The molecule has 0 bridgehead atoms. The van der Waals surface area contributed by atoms with Gasteiger partial charge in [0.05, 0.1) is 5.52 Å². The molecule has 0 fully saturated rings. The summed E-state index contributed by atoms with van der Waals surface area (Å²) in [6.07, 6.45) is 3.46. The van der Waals surface area contributed by atoms with E-state index in [0.29, 0.717) is 11.8 Å². The van der Waals surface area contributed by atoms with Crippen molar-refractivity contribution in [2.45, 2.75) is 25.3 Å². The molecule has 3 rings (SSSR count). The number of likely N-dealkylation sites (N-methyl/N-ethyl adjacent to an activating group) is 1. The average molecular weight is 244 g/mol. The van der Waals surface area contributed by atoms with Crippen LogP contribution in [0.25, 0.3) is 10.9 Å². The molecule has 0 aliphatic heterocycles. The molecule has 0 amide bonds. The molecular weight excluding hydrogens is 224 g/mol. The quantitative estimate of drug-likeness (QED) is 0.834. The second-order valence-corrected chi connectivity index (χ2v) is 5.55. The SMILES string of the molecule is CN(C)C1CCc2c(c3ccc(O)cc3n2C)C1. The van der Waals surface area contributed by atoms with Gasteiger partial charge in [-0.3, -0.25) is 0 Å². The second-order valence-electron chi connectivity index (χ2n) is 5.55. The molecule has 18 heavy (non-hydrogen) atoms. The van der Waals surface area contributed by atoms with Crippen LogP contribution in [0.5, 0.6) is 5.75 Å². The maximum absolute atomic E-state index is 9.63. The standard InChI is InChI=1S/C15H20N2O/c1-16(2)10-4-7-14-13(8-10)12-6-5-11(18)9-15(12)17(14)3/h5-6,9-10,18H,4,7-8H2,1-3H3. The summed E-state index contributed by atoms with van der Waals surface area (Å²) in [5.41, 5.74) is 4.06. The number of fused-ring (bicyclic) bond motifs is 3. The van der Waals surface area contributed by atoms with Crippen molar-refractivity contribution in [1.82, 2.24) is 9.47 Å². The molecule has 0 saturated heterocycles. The summed E-state index contributed by atoms with van der Waals surface area (Å²) in [5, 5.41) is 10.9. The molecule has 1 aliphatic carbocycles. The summed E-state index contributed by atoms with van der Waals surface area (Å²) in [7, 11) is 6.43. The van der Waals surface area contributed by atoms with E-state index in [1.807, 2.05) is 6.07 Å². The van der Waals surface area contributed by atoms with Crippen molar-refractivity contribution < 1.29 is 5.11 Å². The number of hydrogen-bond acceptors (Lipinski definition) is 2. The summed E-state index contributed by atoms with van der Waals surface area (Å²) >= 11 is 0. The van der Waals surface area contributed by atoms with E-state index >= 15 is 0 Å². The molecule has 1 heterocycles. The highest BCUT2D eigenvalue weighted by Crippen LogP contribution is 2.33. The number of rotatable bonds is 1. The Labute approximate surface area is 108 Å². The van der Waals surface area contributed by atoms with Crippen LogP contribution >= 0.6 is 0 Å². The van der Waals surface area contributed by atoms with Crippen LogP contribution in [0.3, 0.4) is 0 Å². The third-order valence-corrected chi connectivity index (χ3v) is 4.31. The topological polar surface area (TPSA) is 28.4 Å². The number of hydrogen-bond donors (Lipinski definition) is 1. The Kier molecular flexibility index (Phi) is 2.59. The summed E-state index contributed by atoms with van der Waals surface area (Å²) in [6.45, 7) is 0. The van der Waals surface area contributed by atoms with Crippen molar-refractivity contribution in [3.05, 3.63) is 29.5 Å². The van der Waals surface area contributed by atoms with Gasteiger partial charge in [-0.1, -0.05) is 0 Å². The second kappa shape index (κ2) is 4.02. The molecule has 96 valence electrons. The van der Waals surface area contributed by atoms with Gasteiger partial charge in [0.1, 0.15) is 5.75 Å². The lowest BCUT2D eigenvalue weighted by Gasteiger charge is -2.28. The zero-order chi connectivity index (χ0) is 12.9. The van der Waals surface area contributed by atoms with Gasteiger partial charge in [0.15, 0.2) is 0 Å². The molecule has 1 aromatic heterocycles. The maximum atomic E-state index is 9.63. The molecule has 1 unspecified atom stereocenters. The lowest BCUT2D eigenvalue weighted by atomic mass is 9.91. The fourth-order valence-electron chi connectivity index (χ4n) is 3.18. The Morgan fingerprint density at radius 3 is 2.83 bits per heavy atom. The molecule has 0 spiro atoms. The van der Waals surface area contributed by atoms with Crippen LogP contribution in [-0.4, -0.2) is 34.7 Å². The van der Waals surface area contributed by atoms with Crippen LogP contribution in [0.1, 0.15) is 17.7 Å². The lowest BCUT2D eigenvalue weighted by Crippen LogP contribution is -2.33. The Hall–Kier alpha value is -1.48. The first-order chi connectivity index (χ1) is 8.58. The Morgan fingerprint density at radius 1 is 1.33 bits per heavy atom. The van der Waals surface area contributed by atoms with Gasteiger partial charge in [-0.15, -0.1) is 0 Å². The van der Waals surface area contributed by atoms with E-state index in [-0.39, 0.29) is 0 Å². The molecule has 3 heteroatoms. The first-order valence-electron chi connectivity index (χ1n) is 6.53. The predicted octanol–water partition coefficient (Wildman–Crippen LogP) is 2.30. The van der Waals surface area contributed by atoms with Crippen LogP contribution in [0.2, 0.25) is 0 Å². The number of aryl methyl sites for hydroxylation is 1. The van der Waals surface area contributed by atoms with E-state index in [9.17, 15) is 5.11 Å². The van der Waals surface area contributed by atoms with Crippen molar-refractivity contribution in [2.75, 3.05) is 14.1 Å². The minimum absolute atomic E-state index is 0.351. The number of benzene rings is 1. The fourth-order valence-corrected chi connectivity index (χ4v) is 3.18. The molecule has 1 atom stereocenters. The van der Waals surface area contributed by atoms with Crippen molar-refractivity contribution in [1.29, 1.82) is 0 Å². The maximum Gasteiger partial charge on any atom is 0.117 e. The monoisotopic (exact) mass is 244 g/mol. The molecule has 3 nitrogen and oxygen atoms in total. The van der Waals surface area contributed by atoms with Gasteiger partial charge in [0.2, 0.25) is 0 Å². The van der Waals surface area contributed by atoms with Gasteiger partial charge < -0.3 is 14.6 Å². The van der Waals surface area contributed by atoms with E-state index in [0.717, 1.165) is 18.4 Å². The normalized spacial score (nSPS) is 19.4. The Balaban J connectivity index is 2.16. The molecule has 0 saturated carbocycles. The fraction of sp³-hybridized carbons (Fsp3) is 0.467. The number of nitrogens with zero attached hydrogens (tertiary/aromatic N) is 2. The van der Waals surface area contributed by atoms with E-state index < -0.39 is 0 Å². The highest BCUT2D eigenvalue weighted by atomic mass is 16.3. The van der Waals surface area contributed by atoms with Crippen LogP contribution in [0, 0.1) is 0 Å². The summed E-state index contributed by atoms with van der Waals surface area (Å²) in [4.78, 5) is 2.32. The Morgan fingerprint density at radius 2 is 2.11 bits per heavy atom. The predicted molar refractivity (Wildman–Crippen MR) is 74.1 cm³/mol. The summed E-state index contributed by atoms with van der Waals surface area (Å²) in [5.74, 6) is 0.351. The minimum Gasteiger partial charge on any atom is -0.508 e. The number of phenolic OH excluding ortho intramolecular Hbond substituents is 1.